The van der Waals surface area contributed by atoms with Crippen LogP contribution in [0.15, 0.2) is 81.6 Å². The van der Waals surface area contributed by atoms with Crippen molar-refractivity contribution in [3.63, 3.8) is 0 Å². The maximum Gasteiger partial charge on any atom is 0.343 e. The lowest BCUT2D eigenvalue weighted by Gasteiger charge is -2.04. The van der Waals surface area contributed by atoms with E-state index in [0.29, 0.717) is 5.65 Å². The van der Waals surface area contributed by atoms with E-state index in [1.807, 2.05) is 42.5 Å². The molecule has 0 aliphatic rings. The van der Waals surface area contributed by atoms with Gasteiger partial charge in [0.1, 0.15) is 5.56 Å². The van der Waals surface area contributed by atoms with Gasteiger partial charge in [0.25, 0.3) is 5.56 Å². The van der Waals surface area contributed by atoms with Crippen molar-refractivity contribution in [2.45, 2.75) is 9.79 Å². The molecule has 0 radical (unpaired) electrons. The Morgan fingerprint density at radius 3 is 2.42 bits per heavy atom. The van der Waals surface area contributed by atoms with E-state index in [1.54, 1.807) is 18.0 Å². The fraction of sp³-hybridized carbons (Fsp3) is 0. The van der Waals surface area contributed by atoms with E-state index >= 15 is 0 Å². The summed E-state index contributed by atoms with van der Waals surface area (Å²) >= 11 is 1.66. The Bertz CT molecular complexity index is 1150. The second kappa shape index (κ2) is 6.53. The van der Waals surface area contributed by atoms with Gasteiger partial charge in [0, 0.05) is 27.7 Å². The van der Waals surface area contributed by atoms with Crippen LogP contribution in [0, 0.1) is 0 Å². The van der Waals surface area contributed by atoms with Crippen molar-refractivity contribution in [3.8, 4) is 11.1 Å². The number of carboxylic acid groups (broad SMARTS) is 1. The number of hydrogen-bond acceptors (Lipinski definition) is 4. The topological polar surface area (TPSA) is 87.5 Å². The first-order valence-corrected chi connectivity index (χ1v) is 8.61. The molecule has 0 unspecified atom stereocenters. The number of carboxylic acids is 1. The molecule has 4 aromatic rings. The van der Waals surface area contributed by atoms with Crippen molar-refractivity contribution >= 4 is 23.4 Å². The summed E-state index contributed by atoms with van der Waals surface area (Å²) in [7, 11) is 0. The molecule has 6 nitrogen and oxygen atoms in total. The number of rotatable bonds is 4. The van der Waals surface area contributed by atoms with Crippen LogP contribution < -0.4 is 5.56 Å². The van der Waals surface area contributed by atoms with Gasteiger partial charge in [0.05, 0.1) is 0 Å². The Hall–Kier alpha value is -3.32. The molecule has 0 spiro atoms. The van der Waals surface area contributed by atoms with E-state index < -0.39 is 11.5 Å². The molecule has 2 N–H and O–H groups in total. The third kappa shape index (κ3) is 2.89. The molecule has 0 aliphatic carbocycles. The molecule has 0 atom stereocenters. The summed E-state index contributed by atoms with van der Waals surface area (Å²) in [5.41, 5.74) is 1.01. The van der Waals surface area contributed by atoms with E-state index in [4.69, 9.17) is 5.11 Å². The predicted octanol–water partition coefficient (Wildman–Crippen LogP) is 3.54. The average Bonchev–Trinajstić information content (AvgIpc) is 3.08. The highest BCUT2D eigenvalue weighted by atomic mass is 32.2. The van der Waals surface area contributed by atoms with Crippen molar-refractivity contribution in [1.82, 2.24) is 14.6 Å². The van der Waals surface area contributed by atoms with Gasteiger partial charge in [-0.2, -0.15) is 0 Å². The number of H-pyrrole nitrogens is 1. The van der Waals surface area contributed by atoms with E-state index in [9.17, 15) is 9.59 Å². The van der Waals surface area contributed by atoms with Crippen LogP contribution in [0.1, 0.15) is 10.4 Å². The molecule has 2 aromatic carbocycles. The lowest BCUT2D eigenvalue weighted by Crippen LogP contribution is -2.22. The monoisotopic (exact) mass is 363 g/mol. The fourth-order valence-electron chi connectivity index (χ4n) is 2.64. The van der Waals surface area contributed by atoms with Gasteiger partial charge < -0.3 is 5.11 Å². The summed E-state index contributed by atoms with van der Waals surface area (Å²) in [5, 5.41) is 11.8. The Morgan fingerprint density at radius 2 is 1.73 bits per heavy atom. The second-order valence-corrected chi connectivity index (χ2v) is 6.71. The van der Waals surface area contributed by atoms with Crippen LogP contribution in [-0.2, 0) is 0 Å². The molecular formula is C19H13N3O3S. The molecule has 0 saturated carbocycles. The van der Waals surface area contributed by atoms with Gasteiger partial charge in [-0.25, -0.2) is 14.3 Å². The maximum atomic E-state index is 12.2. The van der Waals surface area contributed by atoms with Gasteiger partial charge in [-0.1, -0.05) is 42.1 Å². The van der Waals surface area contributed by atoms with Gasteiger partial charge in [-0.3, -0.25) is 9.89 Å². The Labute approximate surface area is 152 Å². The number of aromatic nitrogens is 3. The van der Waals surface area contributed by atoms with Gasteiger partial charge in [0.15, 0.2) is 5.65 Å². The highest BCUT2D eigenvalue weighted by molar-refractivity contribution is 7.99. The largest absolute Gasteiger partial charge is 0.477 e. The number of nitrogens with zero attached hydrogens (tertiary/aromatic N) is 2. The van der Waals surface area contributed by atoms with Crippen LogP contribution in [0.5, 0.6) is 0 Å². The SMILES string of the molecule is O=C(O)c1cnc2c(-c3ccc(Sc4ccccc4)cc3)c[nH]n2c1=O. The first-order valence-electron chi connectivity index (χ1n) is 7.79. The Balaban J connectivity index is 1.69. The lowest BCUT2D eigenvalue weighted by molar-refractivity contribution is 0.0694. The third-order valence-corrected chi connectivity index (χ3v) is 4.93. The van der Waals surface area contributed by atoms with E-state index in [2.05, 4.69) is 22.2 Å². The zero-order valence-electron chi connectivity index (χ0n) is 13.4. The first kappa shape index (κ1) is 16.2. The predicted molar refractivity (Wildman–Crippen MR) is 98.8 cm³/mol. The molecule has 0 amide bonds. The normalized spacial score (nSPS) is 10.9. The Morgan fingerprint density at radius 1 is 1.04 bits per heavy atom. The minimum Gasteiger partial charge on any atom is -0.477 e. The summed E-state index contributed by atoms with van der Waals surface area (Å²) in [6.45, 7) is 0. The molecule has 0 aliphatic heterocycles. The molecular weight excluding hydrogens is 350 g/mol. The lowest BCUT2D eigenvalue weighted by atomic mass is 10.1. The van der Waals surface area contributed by atoms with Crippen molar-refractivity contribution in [2.24, 2.45) is 0 Å². The molecule has 4 rings (SSSR count). The van der Waals surface area contributed by atoms with Crippen molar-refractivity contribution in [1.29, 1.82) is 0 Å². The van der Waals surface area contributed by atoms with Crippen LogP contribution in [0.25, 0.3) is 16.8 Å². The molecule has 2 heterocycles. The number of nitrogens with one attached hydrogen (secondary N) is 1. The molecule has 7 heteroatoms. The second-order valence-electron chi connectivity index (χ2n) is 5.57. The van der Waals surface area contributed by atoms with Crippen LogP contribution in [0.2, 0.25) is 0 Å². The summed E-state index contributed by atoms with van der Waals surface area (Å²) < 4.78 is 1.14. The molecule has 0 bridgehead atoms. The van der Waals surface area contributed by atoms with Crippen LogP contribution in [0.3, 0.4) is 0 Å². The average molecular weight is 363 g/mol. The van der Waals surface area contributed by atoms with E-state index in [0.717, 1.165) is 31.6 Å². The smallest absolute Gasteiger partial charge is 0.343 e. The van der Waals surface area contributed by atoms with Gasteiger partial charge in [-0.05, 0) is 29.8 Å². The summed E-state index contributed by atoms with van der Waals surface area (Å²) in [5.74, 6) is -1.30. The highest BCUT2D eigenvalue weighted by Crippen LogP contribution is 2.30. The Kier molecular flexibility index (Phi) is 4.06. The van der Waals surface area contributed by atoms with Crippen molar-refractivity contribution in [3.05, 3.63) is 82.9 Å². The number of carbonyl (C=O) groups is 1. The van der Waals surface area contributed by atoms with Crippen molar-refractivity contribution < 1.29 is 9.90 Å². The van der Waals surface area contributed by atoms with E-state index in [-0.39, 0.29) is 5.56 Å². The molecule has 26 heavy (non-hydrogen) atoms. The fourth-order valence-corrected chi connectivity index (χ4v) is 3.48. The summed E-state index contributed by atoms with van der Waals surface area (Å²) in [6.07, 6.45) is 2.74. The third-order valence-electron chi connectivity index (χ3n) is 3.91. The first-order chi connectivity index (χ1) is 12.6. The molecule has 0 fully saturated rings. The van der Waals surface area contributed by atoms with Crippen LogP contribution >= 0.6 is 11.8 Å². The van der Waals surface area contributed by atoms with Gasteiger partial charge in [-0.15, -0.1) is 0 Å². The quantitative estimate of drug-likeness (QED) is 0.579. The van der Waals surface area contributed by atoms with Gasteiger partial charge >= 0.3 is 5.97 Å². The van der Waals surface area contributed by atoms with E-state index in [1.165, 1.54) is 0 Å². The number of hydrogen-bond donors (Lipinski definition) is 2. The number of benzene rings is 2. The van der Waals surface area contributed by atoms with Crippen LogP contribution in [0.4, 0.5) is 0 Å². The maximum absolute atomic E-state index is 12.2. The number of fused-ring (bicyclic) bond motifs is 1. The zero-order valence-corrected chi connectivity index (χ0v) is 14.2. The van der Waals surface area contributed by atoms with Crippen molar-refractivity contribution in [2.75, 3.05) is 0 Å². The minimum absolute atomic E-state index is 0.370. The minimum atomic E-state index is -1.30. The zero-order chi connectivity index (χ0) is 18.1. The molecule has 0 saturated heterocycles. The standard InChI is InChI=1S/C19H13N3O3S/c23-18-16(19(24)25)10-20-17-15(11-21-22(17)18)12-6-8-14(9-7-12)26-13-4-2-1-3-5-13/h1-11,21H,(H,24,25). The summed E-state index contributed by atoms with van der Waals surface area (Å²) in [6, 6.07) is 18.0. The number of aromatic amines is 1. The van der Waals surface area contributed by atoms with Crippen LogP contribution in [-0.4, -0.2) is 25.7 Å². The number of aromatic carboxylic acids is 1. The highest BCUT2D eigenvalue weighted by Gasteiger charge is 2.15. The van der Waals surface area contributed by atoms with Gasteiger partial charge in [0.2, 0.25) is 0 Å². The molecule has 2 aromatic heterocycles. The summed E-state index contributed by atoms with van der Waals surface area (Å²) in [4.78, 5) is 29.6. The molecule has 128 valence electrons.